The number of anilines is 2. The van der Waals surface area contributed by atoms with E-state index in [1.807, 2.05) is 19.3 Å². The first-order chi connectivity index (χ1) is 7.79. The molecular formula is C13H17N3. The molecule has 84 valence electrons. The lowest BCUT2D eigenvalue weighted by atomic mass is 10.2. The summed E-state index contributed by atoms with van der Waals surface area (Å²) in [6, 6.07) is 12.6. The Morgan fingerprint density at radius 1 is 1.19 bits per heavy atom. The zero-order valence-electron chi connectivity index (χ0n) is 9.70. The second-order valence-corrected chi connectivity index (χ2v) is 3.86. The van der Waals surface area contributed by atoms with Crippen LogP contribution in [0.5, 0.6) is 0 Å². The molecular weight excluding hydrogens is 198 g/mol. The normalized spacial score (nSPS) is 10.1. The van der Waals surface area contributed by atoms with Gasteiger partial charge in [0.05, 0.1) is 0 Å². The third kappa shape index (κ3) is 2.37. The Labute approximate surface area is 96.1 Å². The summed E-state index contributed by atoms with van der Waals surface area (Å²) in [6.07, 6.45) is 1.94. The topological polar surface area (TPSA) is 31.1 Å². The number of aromatic amines is 1. The molecule has 0 atom stereocenters. The van der Waals surface area contributed by atoms with Gasteiger partial charge < -0.3 is 15.2 Å². The van der Waals surface area contributed by atoms with Crippen molar-refractivity contribution in [3.05, 3.63) is 48.2 Å². The number of nitrogens with zero attached hydrogens (tertiary/aromatic N) is 1. The standard InChI is InChI=1S/C13H17N3/c1-14-12-7-5-11(6-8-12)10-16(2)13-4-3-9-15-13/h3-9,14-15H,10H2,1-2H3. The van der Waals surface area contributed by atoms with Crippen LogP contribution in [0.1, 0.15) is 5.56 Å². The SMILES string of the molecule is CNc1ccc(CN(C)c2ccc[nH]2)cc1. The molecule has 0 aliphatic rings. The number of hydrogen-bond donors (Lipinski definition) is 2. The van der Waals surface area contributed by atoms with Gasteiger partial charge in [-0.2, -0.15) is 0 Å². The van der Waals surface area contributed by atoms with E-state index >= 15 is 0 Å². The highest BCUT2D eigenvalue weighted by Crippen LogP contribution is 2.14. The Balaban J connectivity index is 2.03. The molecule has 1 aromatic carbocycles. The Morgan fingerprint density at radius 2 is 1.94 bits per heavy atom. The lowest BCUT2D eigenvalue weighted by Crippen LogP contribution is -2.16. The van der Waals surface area contributed by atoms with E-state index in [1.54, 1.807) is 0 Å². The third-order valence-corrected chi connectivity index (χ3v) is 2.66. The van der Waals surface area contributed by atoms with E-state index in [0.29, 0.717) is 0 Å². The predicted octanol–water partition coefficient (Wildman–Crippen LogP) is 2.69. The first-order valence-electron chi connectivity index (χ1n) is 5.41. The van der Waals surface area contributed by atoms with Gasteiger partial charge in [0, 0.05) is 32.5 Å². The van der Waals surface area contributed by atoms with Crippen molar-refractivity contribution in [2.45, 2.75) is 6.54 Å². The van der Waals surface area contributed by atoms with E-state index in [-0.39, 0.29) is 0 Å². The highest BCUT2D eigenvalue weighted by atomic mass is 15.2. The summed E-state index contributed by atoms with van der Waals surface area (Å²) in [4.78, 5) is 5.38. The van der Waals surface area contributed by atoms with Crippen LogP contribution in [0.25, 0.3) is 0 Å². The van der Waals surface area contributed by atoms with E-state index in [1.165, 1.54) is 5.56 Å². The van der Waals surface area contributed by atoms with Gasteiger partial charge in [-0.1, -0.05) is 12.1 Å². The fourth-order valence-corrected chi connectivity index (χ4v) is 1.69. The van der Waals surface area contributed by atoms with Gasteiger partial charge >= 0.3 is 0 Å². The smallest absolute Gasteiger partial charge is 0.105 e. The predicted molar refractivity (Wildman–Crippen MR) is 68.9 cm³/mol. The van der Waals surface area contributed by atoms with Crippen LogP contribution in [0.2, 0.25) is 0 Å². The van der Waals surface area contributed by atoms with Crippen molar-refractivity contribution in [3.63, 3.8) is 0 Å². The molecule has 2 rings (SSSR count). The summed E-state index contributed by atoms with van der Waals surface area (Å²) in [5, 5.41) is 3.12. The molecule has 0 unspecified atom stereocenters. The Bertz CT molecular complexity index is 417. The van der Waals surface area contributed by atoms with Gasteiger partial charge in [-0.15, -0.1) is 0 Å². The molecule has 2 aromatic rings. The average Bonchev–Trinajstić information content (AvgIpc) is 2.83. The second-order valence-electron chi connectivity index (χ2n) is 3.86. The summed E-state index contributed by atoms with van der Waals surface area (Å²) in [6.45, 7) is 0.907. The number of rotatable bonds is 4. The molecule has 3 heteroatoms. The second kappa shape index (κ2) is 4.75. The number of benzene rings is 1. The summed E-state index contributed by atoms with van der Waals surface area (Å²) in [5.74, 6) is 1.14. The largest absolute Gasteiger partial charge is 0.388 e. The van der Waals surface area contributed by atoms with E-state index in [2.05, 4.69) is 52.6 Å². The fourth-order valence-electron chi connectivity index (χ4n) is 1.69. The average molecular weight is 215 g/mol. The molecule has 16 heavy (non-hydrogen) atoms. The van der Waals surface area contributed by atoms with Crippen molar-refractivity contribution in [3.8, 4) is 0 Å². The maximum Gasteiger partial charge on any atom is 0.105 e. The van der Waals surface area contributed by atoms with Crippen LogP contribution in [0.3, 0.4) is 0 Å². The van der Waals surface area contributed by atoms with Gasteiger partial charge in [-0.05, 0) is 29.8 Å². The molecule has 0 bridgehead atoms. The van der Waals surface area contributed by atoms with Gasteiger partial charge in [0.25, 0.3) is 0 Å². The highest BCUT2D eigenvalue weighted by molar-refractivity contribution is 5.45. The minimum Gasteiger partial charge on any atom is -0.388 e. The van der Waals surface area contributed by atoms with E-state index in [0.717, 1.165) is 18.1 Å². The summed E-state index contributed by atoms with van der Waals surface area (Å²) >= 11 is 0. The third-order valence-electron chi connectivity index (χ3n) is 2.66. The molecule has 0 radical (unpaired) electrons. The lowest BCUT2D eigenvalue weighted by molar-refractivity contribution is 0.904. The Morgan fingerprint density at radius 3 is 2.50 bits per heavy atom. The van der Waals surface area contributed by atoms with Gasteiger partial charge in [0.2, 0.25) is 0 Å². The number of H-pyrrole nitrogens is 1. The zero-order valence-corrected chi connectivity index (χ0v) is 9.70. The van der Waals surface area contributed by atoms with Crippen molar-refractivity contribution >= 4 is 11.5 Å². The van der Waals surface area contributed by atoms with Gasteiger partial charge in [-0.3, -0.25) is 0 Å². The van der Waals surface area contributed by atoms with Gasteiger partial charge in [0.1, 0.15) is 5.82 Å². The monoisotopic (exact) mass is 215 g/mol. The molecule has 3 nitrogen and oxygen atoms in total. The van der Waals surface area contributed by atoms with Crippen molar-refractivity contribution in [1.82, 2.24) is 4.98 Å². The van der Waals surface area contributed by atoms with Crippen LogP contribution in [0, 0.1) is 0 Å². The number of aromatic nitrogens is 1. The van der Waals surface area contributed by atoms with Crippen molar-refractivity contribution < 1.29 is 0 Å². The molecule has 1 aromatic heterocycles. The van der Waals surface area contributed by atoms with Crippen LogP contribution < -0.4 is 10.2 Å². The molecule has 2 N–H and O–H groups in total. The maximum absolute atomic E-state index is 3.19. The first kappa shape index (κ1) is 10.6. The Kier molecular flexibility index (Phi) is 3.15. The van der Waals surface area contributed by atoms with E-state index < -0.39 is 0 Å². The summed E-state index contributed by atoms with van der Waals surface area (Å²) in [5.41, 5.74) is 2.45. The summed E-state index contributed by atoms with van der Waals surface area (Å²) < 4.78 is 0. The lowest BCUT2D eigenvalue weighted by Gasteiger charge is -2.17. The van der Waals surface area contributed by atoms with Crippen LogP contribution in [0.4, 0.5) is 11.5 Å². The highest BCUT2D eigenvalue weighted by Gasteiger charge is 2.01. The van der Waals surface area contributed by atoms with Crippen molar-refractivity contribution in [1.29, 1.82) is 0 Å². The quantitative estimate of drug-likeness (QED) is 0.821. The fraction of sp³-hybridized carbons (Fsp3) is 0.231. The molecule has 0 aliphatic heterocycles. The maximum atomic E-state index is 3.19. The van der Waals surface area contributed by atoms with Crippen molar-refractivity contribution in [2.24, 2.45) is 0 Å². The molecule has 1 heterocycles. The molecule has 0 amide bonds. The molecule has 0 aliphatic carbocycles. The molecule has 0 saturated heterocycles. The summed E-state index contributed by atoms with van der Waals surface area (Å²) in [7, 11) is 4.01. The number of hydrogen-bond acceptors (Lipinski definition) is 2. The van der Waals surface area contributed by atoms with Gasteiger partial charge in [0.15, 0.2) is 0 Å². The van der Waals surface area contributed by atoms with Crippen LogP contribution in [-0.4, -0.2) is 19.1 Å². The number of nitrogens with one attached hydrogen (secondary N) is 2. The van der Waals surface area contributed by atoms with Crippen LogP contribution in [-0.2, 0) is 6.54 Å². The minimum absolute atomic E-state index is 0.907. The molecule has 0 saturated carbocycles. The van der Waals surface area contributed by atoms with Crippen LogP contribution in [0.15, 0.2) is 42.6 Å². The van der Waals surface area contributed by atoms with Crippen LogP contribution >= 0.6 is 0 Å². The molecule has 0 spiro atoms. The van der Waals surface area contributed by atoms with Gasteiger partial charge in [-0.25, -0.2) is 0 Å². The molecule has 0 fully saturated rings. The zero-order chi connectivity index (χ0) is 11.4. The first-order valence-corrected chi connectivity index (χ1v) is 5.41. The van der Waals surface area contributed by atoms with Crippen molar-refractivity contribution in [2.75, 3.05) is 24.3 Å². The van der Waals surface area contributed by atoms with E-state index in [4.69, 9.17) is 0 Å². The Hall–Kier alpha value is -1.90. The minimum atomic E-state index is 0.907. The van der Waals surface area contributed by atoms with E-state index in [9.17, 15) is 0 Å².